The van der Waals surface area contributed by atoms with Gasteiger partial charge in [0.1, 0.15) is 0 Å². The number of hydrogen-bond donors (Lipinski definition) is 2. The van der Waals surface area contributed by atoms with Crippen molar-refractivity contribution >= 4 is 0 Å². The van der Waals surface area contributed by atoms with Crippen LogP contribution in [0.25, 0.3) is 0 Å². The summed E-state index contributed by atoms with van der Waals surface area (Å²) in [4.78, 5) is 0. The molecule has 3 atom stereocenters. The van der Waals surface area contributed by atoms with Gasteiger partial charge in [0.15, 0.2) is 0 Å². The SMILES string of the molecule is OC1CCCCC1NCCCC1CCCO1. The summed E-state index contributed by atoms with van der Waals surface area (Å²) in [5, 5.41) is 13.3. The van der Waals surface area contributed by atoms with Crippen LogP contribution in [0.3, 0.4) is 0 Å². The van der Waals surface area contributed by atoms with Crippen LogP contribution in [0.2, 0.25) is 0 Å². The fourth-order valence-electron chi connectivity index (χ4n) is 2.84. The van der Waals surface area contributed by atoms with Crippen LogP contribution in [-0.2, 0) is 4.74 Å². The summed E-state index contributed by atoms with van der Waals surface area (Å²) in [7, 11) is 0. The van der Waals surface area contributed by atoms with Crippen LogP contribution in [0.1, 0.15) is 51.4 Å². The maximum atomic E-state index is 9.79. The van der Waals surface area contributed by atoms with Crippen LogP contribution in [0.5, 0.6) is 0 Å². The second-order valence-electron chi connectivity index (χ2n) is 5.19. The zero-order chi connectivity index (χ0) is 11.2. The highest BCUT2D eigenvalue weighted by Crippen LogP contribution is 2.19. The smallest absolute Gasteiger partial charge is 0.0693 e. The monoisotopic (exact) mass is 227 g/mol. The average Bonchev–Trinajstić information content (AvgIpc) is 2.79. The maximum absolute atomic E-state index is 9.79. The summed E-state index contributed by atoms with van der Waals surface area (Å²) in [6.07, 6.45) is 9.80. The largest absolute Gasteiger partial charge is 0.392 e. The van der Waals surface area contributed by atoms with Gasteiger partial charge in [0.2, 0.25) is 0 Å². The first-order chi connectivity index (χ1) is 7.86. The van der Waals surface area contributed by atoms with E-state index in [-0.39, 0.29) is 6.10 Å². The van der Waals surface area contributed by atoms with Crippen LogP contribution in [-0.4, -0.2) is 36.5 Å². The van der Waals surface area contributed by atoms with E-state index in [9.17, 15) is 5.11 Å². The second kappa shape index (κ2) is 6.58. The minimum Gasteiger partial charge on any atom is -0.392 e. The van der Waals surface area contributed by atoms with Crippen molar-refractivity contribution in [3.8, 4) is 0 Å². The molecule has 2 rings (SSSR count). The minimum absolute atomic E-state index is 0.114. The van der Waals surface area contributed by atoms with E-state index < -0.39 is 0 Å². The first-order valence-electron chi connectivity index (χ1n) is 6.89. The van der Waals surface area contributed by atoms with Gasteiger partial charge in [0, 0.05) is 12.6 Å². The predicted molar refractivity (Wildman–Crippen MR) is 64.5 cm³/mol. The summed E-state index contributed by atoms with van der Waals surface area (Å²) in [6, 6.07) is 0.346. The van der Waals surface area contributed by atoms with E-state index in [1.807, 2.05) is 0 Å². The first kappa shape index (κ1) is 12.3. The molecule has 1 heterocycles. The molecule has 0 aromatic carbocycles. The Labute approximate surface area is 98.6 Å². The third-order valence-corrected chi connectivity index (χ3v) is 3.86. The van der Waals surface area contributed by atoms with Gasteiger partial charge in [-0.25, -0.2) is 0 Å². The molecule has 1 aliphatic carbocycles. The van der Waals surface area contributed by atoms with Crippen LogP contribution >= 0.6 is 0 Å². The van der Waals surface area contributed by atoms with Gasteiger partial charge >= 0.3 is 0 Å². The molecule has 16 heavy (non-hydrogen) atoms. The lowest BCUT2D eigenvalue weighted by Gasteiger charge is -2.28. The Hall–Kier alpha value is -0.120. The molecule has 2 N–H and O–H groups in total. The molecule has 0 aromatic rings. The highest BCUT2D eigenvalue weighted by molar-refractivity contribution is 4.80. The van der Waals surface area contributed by atoms with Gasteiger partial charge in [-0.3, -0.25) is 0 Å². The van der Waals surface area contributed by atoms with E-state index in [0.29, 0.717) is 12.1 Å². The van der Waals surface area contributed by atoms with Crippen molar-refractivity contribution < 1.29 is 9.84 Å². The van der Waals surface area contributed by atoms with Crippen LogP contribution in [0, 0.1) is 0 Å². The van der Waals surface area contributed by atoms with Gasteiger partial charge in [-0.1, -0.05) is 12.8 Å². The predicted octanol–water partition coefficient (Wildman–Crippen LogP) is 1.84. The normalized spacial score (nSPS) is 35.4. The van der Waals surface area contributed by atoms with E-state index in [4.69, 9.17) is 4.74 Å². The Balaban J connectivity index is 1.53. The van der Waals surface area contributed by atoms with Crippen molar-refractivity contribution in [2.45, 2.75) is 69.6 Å². The third-order valence-electron chi connectivity index (χ3n) is 3.86. The molecule has 0 spiro atoms. The summed E-state index contributed by atoms with van der Waals surface area (Å²) < 4.78 is 5.59. The molecule has 2 fully saturated rings. The van der Waals surface area contributed by atoms with Crippen molar-refractivity contribution in [1.29, 1.82) is 0 Å². The quantitative estimate of drug-likeness (QED) is 0.704. The molecule has 3 heteroatoms. The molecule has 0 radical (unpaired) electrons. The Morgan fingerprint density at radius 2 is 2.00 bits per heavy atom. The van der Waals surface area contributed by atoms with E-state index in [2.05, 4.69) is 5.32 Å². The van der Waals surface area contributed by atoms with Gasteiger partial charge in [-0.05, 0) is 45.1 Å². The van der Waals surface area contributed by atoms with Crippen LogP contribution < -0.4 is 5.32 Å². The first-order valence-corrected chi connectivity index (χ1v) is 6.89. The lowest BCUT2D eigenvalue weighted by Crippen LogP contribution is -2.42. The van der Waals surface area contributed by atoms with Crippen molar-refractivity contribution in [3.05, 3.63) is 0 Å². The fourth-order valence-corrected chi connectivity index (χ4v) is 2.84. The molecule has 0 aromatic heterocycles. The Kier molecular flexibility index (Phi) is 5.07. The van der Waals surface area contributed by atoms with E-state index in [0.717, 1.165) is 26.0 Å². The molecule has 3 nitrogen and oxygen atoms in total. The summed E-state index contributed by atoms with van der Waals surface area (Å²) in [5.74, 6) is 0. The molecule has 2 aliphatic rings. The van der Waals surface area contributed by atoms with E-state index in [1.54, 1.807) is 0 Å². The fraction of sp³-hybridized carbons (Fsp3) is 1.00. The van der Waals surface area contributed by atoms with Crippen LogP contribution in [0.15, 0.2) is 0 Å². The zero-order valence-corrected chi connectivity index (χ0v) is 10.2. The summed E-state index contributed by atoms with van der Waals surface area (Å²) in [6.45, 7) is 1.99. The number of aliphatic hydroxyl groups excluding tert-OH is 1. The zero-order valence-electron chi connectivity index (χ0n) is 10.2. The highest BCUT2D eigenvalue weighted by Gasteiger charge is 2.22. The average molecular weight is 227 g/mol. The molecule has 0 amide bonds. The Bertz CT molecular complexity index is 192. The molecule has 0 bridgehead atoms. The standard InChI is InChI=1S/C13H25NO2/c15-13-8-2-1-7-12(13)14-9-3-5-11-6-4-10-16-11/h11-15H,1-10H2. The third kappa shape index (κ3) is 3.72. The number of nitrogens with one attached hydrogen (secondary N) is 1. The Morgan fingerprint density at radius 3 is 2.75 bits per heavy atom. The van der Waals surface area contributed by atoms with Crippen molar-refractivity contribution in [3.63, 3.8) is 0 Å². The maximum Gasteiger partial charge on any atom is 0.0693 e. The lowest BCUT2D eigenvalue weighted by atomic mass is 9.92. The number of rotatable bonds is 5. The van der Waals surface area contributed by atoms with Crippen molar-refractivity contribution in [1.82, 2.24) is 5.32 Å². The number of ether oxygens (including phenoxy) is 1. The van der Waals surface area contributed by atoms with Gasteiger partial charge in [-0.15, -0.1) is 0 Å². The van der Waals surface area contributed by atoms with Crippen molar-refractivity contribution in [2.24, 2.45) is 0 Å². The van der Waals surface area contributed by atoms with Gasteiger partial charge in [-0.2, -0.15) is 0 Å². The molecule has 1 aliphatic heterocycles. The molecule has 94 valence electrons. The van der Waals surface area contributed by atoms with Gasteiger partial charge in [0.05, 0.1) is 12.2 Å². The molecule has 1 saturated carbocycles. The van der Waals surface area contributed by atoms with E-state index in [1.165, 1.54) is 38.5 Å². The molecular weight excluding hydrogens is 202 g/mol. The van der Waals surface area contributed by atoms with Gasteiger partial charge < -0.3 is 15.2 Å². The molecular formula is C13H25NO2. The summed E-state index contributed by atoms with van der Waals surface area (Å²) >= 11 is 0. The molecule has 3 unspecified atom stereocenters. The minimum atomic E-state index is -0.114. The second-order valence-corrected chi connectivity index (χ2v) is 5.19. The lowest BCUT2D eigenvalue weighted by molar-refractivity contribution is 0.0865. The van der Waals surface area contributed by atoms with Crippen LogP contribution in [0.4, 0.5) is 0 Å². The number of aliphatic hydroxyl groups is 1. The van der Waals surface area contributed by atoms with Crippen molar-refractivity contribution in [2.75, 3.05) is 13.2 Å². The molecule has 1 saturated heterocycles. The highest BCUT2D eigenvalue weighted by atomic mass is 16.5. The van der Waals surface area contributed by atoms with Gasteiger partial charge in [0.25, 0.3) is 0 Å². The topological polar surface area (TPSA) is 41.5 Å². The van der Waals surface area contributed by atoms with E-state index >= 15 is 0 Å². The Morgan fingerprint density at radius 1 is 1.12 bits per heavy atom. The summed E-state index contributed by atoms with van der Waals surface area (Å²) in [5.41, 5.74) is 0. The number of hydrogen-bond acceptors (Lipinski definition) is 3.